The molecule has 46 heavy (non-hydrogen) atoms. The maximum Gasteiger partial charge on any atom is 0.0165 e. The molecule has 0 radical (unpaired) electrons. The molecule has 2 aliphatic rings. The van der Waals surface area contributed by atoms with Crippen molar-refractivity contribution in [3.05, 3.63) is 144 Å². The fraction of sp³-hybridized carbons (Fsp3) is 0.130. The van der Waals surface area contributed by atoms with Gasteiger partial charge in [0.2, 0.25) is 0 Å². The van der Waals surface area contributed by atoms with E-state index >= 15 is 0 Å². The zero-order chi connectivity index (χ0) is 30.7. The average Bonchev–Trinajstić information content (AvgIpc) is 3.45. The van der Waals surface area contributed by atoms with Crippen LogP contribution >= 0.6 is 0 Å². The molecule has 0 aliphatic heterocycles. The molecule has 0 N–H and O–H groups in total. The Bertz CT molecular complexity index is 2790. The van der Waals surface area contributed by atoms with Crippen LogP contribution in [0.2, 0.25) is 0 Å². The summed E-state index contributed by atoms with van der Waals surface area (Å²) in [6.07, 6.45) is 0. The maximum absolute atomic E-state index is 2.59. The second kappa shape index (κ2) is 7.95. The fourth-order valence-corrected chi connectivity index (χ4v) is 9.81. The lowest BCUT2D eigenvalue weighted by Crippen LogP contribution is -2.17. The summed E-state index contributed by atoms with van der Waals surface area (Å²) < 4.78 is 0. The number of benzene rings is 9. The molecule has 2 aliphatic carbocycles. The molecule has 0 nitrogen and oxygen atoms in total. The van der Waals surface area contributed by atoms with Gasteiger partial charge in [0, 0.05) is 10.8 Å². The van der Waals surface area contributed by atoms with E-state index in [2.05, 4.69) is 149 Å². The van der Waals surface area contributed by atoms with Crippen molar-refractivity contribution in [3.63, 3.8) is 0 Å². The quantitative estimate of drug-likeness (QED) is 0.156. The number of hydrogen-bond acceptors (Lipinski definition) is 0. The number of fused-ring (bicyclic) bond motifs is 14. The molecule has 0 saturated carbocycles. The summed E-state index contributed by atoms with van der Waals surface area (Å²) >= 11 is 0. The third kappa shape index (κ3) is 2.76. The second-order valence-electron chi connectivity index (χ2n) is 14.9. The van der Waals surface area contributed by atoms with Gasteiger partial charge in [-0.2, -0.15) is 0 Å². The largest absolute Gasteiger partial charge is 0.0616 e. The van der Waals surface area contributed by atoms with Gasteiger partial charge in [-0.25, -0.2) is 0 Å². The van der Waals surface area contributed by atoms with E-state index in [1.165, 1.54) is 109 Å². The highest BCUT2D eigenvalue weighted by Crippen LogP contribution is 2.59. The van der Waals surface area contributed by atoms with Gasteiger partial charge in [-0.3, -0.25) is 0 Å². The van der Waals surface area contributed by atoms with Crippen LogP contribution in [-0.2, 0) is 10.8 Å². The van der Waals surface area contributed by atoms with E-state index < -0.39 is 0 Å². The van der Waals surface area contributed by atoms with Crippen molar-refractivity contribution in [1.29, 1.82) is 0 Å². The van der Waals surface area contributed by atoms with E-state index in [1.54, 1.807) is 0 Å². The molecule has 0 saturated heterocycles. The highest BCUT2D eigenvalue weighted by atomic mass is 14.5. The molecular weight excluding hydrogens is 553 g/mol. The monoisotopic (exact) mass is 584 g/mol. The Morgan fingerprint density at radius 2 is 0.913 bits per heavy atom. The molecule has 9 aromatic carbocycles. The van der Waals surface area contributed by atoms with Gasteiger partial charge in [0.05, 0.1) is 0 Å². The smallest absolute Gasteiger partial charge is 0.0165 e. The van der Waals surface area contributed by atoms with Crippen LogP contribution in [-0.4, -0.2) is 0 Å². The number of hydrogen-bond donors (Lipinski definition) is 0. The predicted octanol–water partition coefficient (Wildman–Crippen LogP) is 12.7. The van der Waals surface area contributed by atoms with Gasteiger partial charge in [0.25, 0.3) is 0 Å². The predicted molar refractivity (Wildman–Crippen MR) is 198 cm³/mol. The summed E-state index contributed by atoms with van der Waals surface area (Å²) in [5, 5.41) is 16.3. The minimum Gasteiger partial charge on any atom is -0.0616 e. The standard InChI is InChI=1S/C46H32/c1-45(2)38-23-35-33-21-20-32-30-14-6-5-12-28(30)29-13-7-8-15-31(29)43(32)44(33)46(3,4)37(35)24-36(38)42-34-19-18-26-11-9-10-25-16-17-27(22-39(42)45)41(34)40(25)26/h5-24H,1-4H3. The summed E-state index contributed by atoms with van der Waals surface area (Å²) in [7, 11) is 0. The molecule has 0 aromatic heterocycles. The van der Waals surface area contributed by atoms with Gasteiger partial charge in [-0.05, 0) is 127 Å². The van der Waals surface area contributed by atoms with Gasteiger partial charge >= 0.3 is 0 Å². The SMILES string of the molecule is CC1(C)c2cc3c(cc2-c2c1cc1ccc4cccc5ccc2c1c45)C(C)(C)c1c-3ccc2c3ccccc3c3ccccc3c12. The first-order chi connectivity index (χ1) is 22.3. The van der Waals surface area contributed by atoms with Crippen LogP contribution in [0.15, 0.2) is 121 Å². The lowest BCUT2D eigenvalue weighted by Gasteiger charge is -2.25. The Labute approximate surface area is 268 Å². The van der Waals surface area contributed by atoms with Crippen molar-refractivity contribution in [2.75, 3.05) is 0 Å². The molecule has 11 rings (SSSR count). The molecule has 0 unspecified atom stereocenters. The van der Waals surface area contributed by atoms with Gasteiger partial charge in [0.1, 0.15) is 0 Å². The lowest BCUT2D eigenvalue weighted by molar-refractivity contribution is 0.655. The Hall–Kier alpha value is -5.20. The molecule has 0 fully saturated rings. The summed E-state index contributed by atoms with van der Waals surface area (Å²) in [6, 6.07) is 46.5. The van der Waals surface area contributed by atoms with Gasteiger partial charge in [-0.1, -0.05) is 131 Å². The molecule has 0 amide bonds. The molecule has 0 atom stereocenters. The summed E-state index contributed by atoms with van der Waals surface area (Å²) in [4.78, 5) is 0. The third-order valence-electron chi connectivity index (χ3n) is 11.9. The third-order valence-corrected chi connectivity index (χ3v) is 11.9. The first kappa shape index (κ1) is 25.0. The molecular formula is C46H32. The fourth-order valence-electron chi connectivity index (χ4n) is 9.81. The van der Waals surface area contributed by atoms with E-state index in [9.17, 15) is 0 Å². The molecule has 9 aromatic rings. The van der Waals surface area contributed by atoms with Crippen molar-refractivity contribution in [2.24, 2.45) is 0 Å². The normalized spacial score (nSPS) is 15.7. The Kier molecular flexibility index (Phi) is 4.33. The van der Waals surface area contributed by atoms with Crippen LogP contribution in [0.5, 0.6) is 0 Å². The molecule has 216 valence electrons. The zero-order valence-electron chi connectivity index (χ0n) is 26.5. The number of rotatable bonds is 0. The summed E-state index contributed by atoms with van der Waals surface area (Å²) in [6.45, 7) is 9.78. The summed E-state index contributed by atoms with van der Waals surface area (Å²) in [5.74, 6) is 0. The molecule has 0 heteroatoms. The highest BCUT2D eigenvalue weighted by Gasteiger charge is 2.43. The van der Waals surface area contributed by atoms with Crippen molar-refractivity contribution in [3.8, 4) is 22.3 Å². The van der Waals surface area contributed by atoms with E-state index in [4.69, 9.17) is 0 Å². The van der Waals surface area contributed by atoms with Crippen LogP contribution < -0.4 is 0 Å². The Morgan fingerprint density at radius 1 is 0.348 bits per heavy atom. The van der Waals surface area contributed by atoms with E-state index in [-0.39, 0.29) is 10.8 Å². The van der Waals surface area contributed by atoms with Crippen LogP contribution in [0.3, 0.4) is 0 Å². The molecule has 0 heterocycles. The van der Waals surface area contributed by atoms with Crippen molar-refractivity contribution in [1.82, 2.24) is 0 Å². The van der Waals surface area contributed by atoms with Crippen molar-refractivity contribution >= 4 is 64.6 Å². The summed E-state index contributed by atoms with van der Waals surface area (Å²) in [5.41, 5.74) is 11.2. The first-order valence-electron chi connectivity index (χ1n) is 16.6. The van der Waals surface area contributed by atoms with Gasteiger partial charge < -0.3 is 0 Å². The van der Waals surface area contributed by atoms with Crippen LogP contribution in [0, 0.1) is 0 Å². The van der Waals surface area contributed by atoms with E-state index in [1.807, 2.05) is 0 Å². The van der Waals surface area contributed by atoms with Gasteiger partial charge in [0.15, 0.2) is 0 Å². The van der Waals surface area contributed by atoms with Crippen LogP contribution in [0.4, 0.5) is 0 Å². The molecule has 0 bridgehead atoms. The minimum absolute atomic E-state index is 0.100. The maximum atomic E-state index is 2.59. The second-order valence-corrected chi connectivity index (χ2v) is 14.9. The Balaban J connectivity index is 1.25. The van der Waals surface area contributed by atoms with Crippen molar-refractivity contribution in [2.45, 2.75) is 38.5 Å². The Morgan fingerprint density at radius 3 is 1.65 bits per heavy atom. The first-order valence-corrected chi connectivity index (χ1v) is 16.6. The van der Waals surface area contributed by atoms with Crippen LogP contribution in [0.25, 0.3) is 86.9 Å². The topological polar surface area (TPSA) is 0 Å². The lowest BCUT2D eigenvalue weighted by atomic mass is 9.77. The van der Waals surface area contributed by atoms with Crippen molar-refractivity contribution < 1.29 is 0 Å². The van der Waals surface area contributed by atoms with E-state index in [0.717, 1.165) is 0 Å². The minimum atomic E-state index is -0.152. The van der Waals surface area contributed by atoms with Crippen LogP contribution in [0.1, 0.15) is 49.9 Å². The molecule has 0 spiro atoms. The van der Waals surface area contributed by atoms with E-state index in [0.29, 0.717) is 0 Å². The average molecular weight is 585 g/mol. The zero-order valence-corrected chi connectivity index (χ0v) is 26.5. The van der Waals surface area contributed by atoms with Gasteiger partial charge in [-0.15, -0.1) is 0 Å². The highest BCUT2D eigenvalue weighted by molar-refractivity contribution is 6.28.